The summed E-state index contributed by atoms with van der Waals surface area (Å²) in [5, 5.41) is 20.1. The van der Waals surface area contributed by atoms with Crippen molar-refractivity contribution < 1.29 is 10.2 Å². The number of hydrogen-bond acceptors (Lipinski definition) is 3. The molecular formula is C26H42O2S. The Bertz CT molecular complexity index is 656. The lowest BCUT2D eigenvalue weighted by molar-refractivity contribution is 0.0596. The van der Waals surface area contributed by atoms with Crippen LogP contribution in [0.4, 0.5) is 0 Å². The van der Waals surface area contributed by atoms with Crippen LogP contribution in [0.15, 0.2) is 35.5 Å². The highest BCUT2D eigenvalue weighted by atomic mass is 32.2. The Kier molecular flexibility index (Phi) is 7.44. The van der Waals surface area contributed by atoms with Crippen LogP contribution in [0.1, 0.15) is 79.1 Å². The van der Waals surface area contributed by atoms with Gasteiger partial charge in [0.25, 0.3) is 0 Å². The van der Waals surface area contributed by atoms with E-state index in [4.69, 9.17) is 0 Å². The van der Waals surface area contributed by atoms with Crippen molar-refractivity contribution in [2.75, 3.05) is 11.5 Å². The van der Waals surface area contributed by atoms with Gasteiger partial charge in [-0.15, -0.1) is 0 Å². The van der Waals surface area contributed by atoms with E-state index in [0.717, 1.165) is 41.8 Å². The fourth-order valence-electron chi connectivity index (χ4n) is 6.32. The Labute approximate surface area is 182 Å². The van der Waals surface area contributed by atoms with Crippen LogP contribution in [0.25, 0.3) is 0 Å². The fraction of sp³-hybridized carbons (Fsp3) is 0.769. The molecule has 3 rings (SSSR count). The summed E-state index contributed by atoms with van der Waals surface area (Å²) >= 11 is 1.81. The van der Waals surface area contributed by atoms with Crippen molar-refractivity contribution in [2.24, 2.45) is 23.2 Å². The average molecular weight is 419 g/mol. The summed E-state index contributed by atoms with van der Waals surface area (Å²) in [4.78, 5) is 0. The number of allylic oxidation sites excluding steroid dienone is 3. The highest BCUT2D eigenvalue weighted by Crippen LogP contribution is 2.59. The first kappa shape index (κ1) is 23.2. The van der Waals surface area contributed by atoms with Crippen molar-refractivity contribution in [3.63, 3.8) is 0 Å². The number of thioether (sulfide) groups is 1. The van der Waals surface area contributed by atoms with Crippen LogP contribution in [0.2, 0.25) is 0 Å². The van der Waals surface area contributed by atoms with E-state index in [-0.39, 0.29) is 6.10 Å². The topological polar surface area (TPSA) is 40.5 Å². The molecule has 2 aliphatic carbocycles. The third-order valence-corrected chi connectivity index (χ3v) is 9.09. The van der Waals surface area contributed by atoms with Crippen LogP contribution >= 0.6 is 11.8 Å². The van der Waals surface area contributed by atoms with Crippen molar-refractivity contribution in [1.82, 2.24) is 0 Å². The van der Waals surface area contributed by atoms with Crippen LogP contribution in [0, 0.1) is 23.2 Å². The van der Waals surface area contributed by atoms with Crippen LogP contribution in [0.3, 0.4) is 0 Å². The van der Waals surface area contributed by atoms with Crippen molar-refractivity contribution in [1.29, 1.82) is 0 Å². The normalized spacial score (nSPS) is 37.2. The predicted octanol–water partition coefficient (Wildman–Crippen LogP) is 6.30. The molecule has 0 aromatic carbocycles. The lowest BCUT2D eigenvalue weighted by atomic mass is 9.60. The minimum Gasteiger partial charge on any atom is -0.390 e. The highest BCUT2D eigenvalue weighted by Gasteiger charge is 2.50. The van der Waals surface area contributed by atoms with Crippen LogP contribution in [0.5, 0.6) is 0 Å². The maximum Gasteiger partial charge on any atom is 0.0877 e. The van der Waals surface area contributed by atoms with E-state index in [9.17, 15) is 10.2 Å². The van der Waals surface area contributed by atoms with Gasteiger partial charge in [-0.1, -0.05) is 51.0 Å². The first-order valence-electron chi connectivity index (χ1n) is 11.7. The molecule has 1 saturated heterocycles. The fourth-order valence-corrected chi connectivity index (χ4v) is 7.37. The second-order valence-electron chi connectivity index (χ2n) is 10.8. The molecule has 0 aromatic heterocycles. The summed E-state index contributed by atoms with van der Waals surface area (Å²) in [6.45, 7) is 13.0. The van der Waals surface area contributed by atoms with E-state index in [1.54, 1.807) is 5.57 Å². The molecule has 0 aromatic rings. The van der Waals surface area contributed by atoms with Gasteiger partial charge in [0.1, 0.15) is 0 Å². The summed E-state index contributed by atoms with van der Waals surface area (Å²) < 4.78 is 0. The number of aliphatic hydroxyl groups is 2. The summed E-state index contributed by atoms with van der Waals surface area (Å²) in [7, 11) is 0. The van der Waals surface area contributed by atoms with E-state index < -0.39 is 5.60 Å². The molecule has 1 aliphatic heterocycles. The zero-order valence-corrected chi connectivity index (χ0v) is 19.9. The Morgan fingerprint density at radius 3 is 2.79 bits per heavy atom. The lowest BCUT2D eigenvalue weighted by Crippen LogP contribution is -2.36. The van der Waals surface area contributed by atoms with Gasteiger partial charge in [0.2, 0.25) is 0 Å². The molecule has 1 heterocycles. The molecule has 0 unspecified atom stereocenters. The van der Waals surface area contributed by atoms with Crippen LogP contribution in [-0.2, 0) is 0 Å². The zero-order valence-electron chi connectivity index (χ0n) is 19.0. The zero-order chi connectivity index (χ0) is 21.2. The maximum atomic E-state index is 10.1. The summed E-state index contributed by atoms with van der Waals surface area (Å²) in [6, 6.07) is 0. The summed E-state index contributed by atoms with van der Waals surface area (Å²) in [6.07, 6.45) is 14.1. The molecular weight excluding hydrogens is 376 g/mol. The quantitative estimate of drug-likeness (QED) is 0.532. The lowest BCUT2D eigenvalue weighted by Gasteiger charge is -2.44. The van der Waals surface area contributed by atoms with Gasteiger partial charge < -0.3 is 10.2 Å². The molecule has 164 valence electrons. The minimum atomic E-state index is -0.537. The molecule has 3 heteroatoms. The van der Waals surface area contributed by atoms with E-state index in [1.807, 2.05) is 25.6 Å². The van der Waals surface area contributed by atoms with Crippen molar-refractivity contribution in [2.45, 2.75) is 90.8 Å². The molecule has 2 saturated carbocycles. The summed E-state index contributed by atoms with van der Waals surface area (Å²) in [5.74, 6) is 4.00. The van der Waals surface area contributed by atoms with Crippen LogP contribution in [-0.4, -0.2) is 33.4 Å². The second-order valence-corrected chi connectivity index (χ2v) is 11.8. The Morgan fingerprint density at radius 1 is 1.31 bits per heavy atom. The molecule has 3 fully saturated rings. The average Bonchev–Trinajstić information content (AvgIpc) is 2.99. The van der Waals surface area contributed by atoms with Crippen LogP contribution < -0.4 is 0 Å². The summed E-state index contributed by atoms with van der Waals surface area (Å²) in [5.41, 5.74) is 3.67. The largest absolute Gasteiger partial charge is 0.390 e. The molecule has 0 radical (unpaired) electrons. The van der Waals surface area contributed by atoms with Gasteiger partial charge in [-0.3, -0.25) is 0 Å². The Morgan fingerprint density at radius 2 is 2.07 bits per heavy atom. The SMILES string of the molecule is C=C1/C(=C/C=C2\CCC[C@]3(C)[C@@H]([C@H](C)CCCC(C)(C)O)CC[C@@H]23)CSC[C@H]1O. The third-order valence-electron chi connectivity index (χ3n) is 8.02. The number of hydrogen-bond donors (Lipinski definition) is 2. The van der Waals surface area contributed by atoms with E-state index >= 15 is 0 Å². The van der Waals surface area contributed by atoms with Crippen molar-refractivity contribution in [3.05, 3.63) is 35.5 Å². The first-order chi connectivity index (χ1) is 13.6. The molecule has 2 nitrogen and oxygen atoms in total. The third kappa shape index (κ3) is 5.40. The van der Waals surface area contributed by atoms with E-state index in [2.05, 4.69) is 32.6 Å². The molecule has 0 bridgehead atoms. The van der Waals surface area contributed by atoms with E-state index in [1.165, 1.54) is 44.1 Å². The first-order valence-corrected chi connectivity index (χ1v) is 12.8. The van der Waals surface area contributed by atoms with E-state index in [0.29, 0.717) is 11.3 Å². The van der Waals surface area contributed by atoms with Gasteiger partial charge in [-0.25, -0.2) is 0 Å². The monoisotopic (exact) mass is 418 g/mol. The number of fused-ring (bicyclic) bond motifs is 1. The molecule has 2 N–H and O–H groups in total. The van der Waals surface area contributed by atoms with Crippen molar-refractivity contribution in [3.8, 4) is 0 Å². The molecule has 5 atom stereocenters. The van der Waals surface area contributed by atoms with Gasteiger partial charge in [-0.2, -0.15) is 11.8 Å². The molecule has 29 heavy (non-hydrogen) atoms. The van der Waals surface area contributed by atoms with Gasteiger partial charge in [0.15, 0.2) is 0 Å². The van der Waals surface area contributed by atoms with Gasteiger partial charge in [0.05, 0.1) is 11.7 Å². The second kappa shape index (κ2) is 9.32. The molecule has 0 amide bonds. The molecule has 0 spiro atoms. The Balaban J connectivity index is 1.68. The van der Waals surface area contributed by atoms with Crippen molar-refractivity contribution >= 4 is 11.8 Å². The number of rotatable bonds is 6. The standard InChI is InChI=1S/C26H42O2S/c1-18(8-6-14-25(3,4)28)22-12-13-23-20(9-7-15-26(22,23)5)10-11-21-16-29-17-24(27)19(21)2/h10-11,18,22-24,27-28H,2,6-9,12-17H2,1,3-5H3/b20-10+,21-11+/t18-,22-,23+,24-,26-/m1/s1. The maximum absolute atomic E-state index is 10.1. The predicted molar refractivity (Wildman–Crippen MR) is 126 cm³/mol. The Hall–Kier alpha value is -0.510. The van der Waals surface area contributed by atoms with Gasteiger partial charge in [-0.05, 0) is 86.7 Å². The van der Waals surface area contributed by atoms with Gasteiger partial charge >= 0.3 is 0 Å². The molecule has 3 aliphatic rings. The highest BCUT2D eigenvalue weighted by molar-refractivity contribution is 7.99. The van der Waals surface area contributed by atoms with Gasteiger partial charge in [0, 0.05) is 11.5 Å². The smallest absolute Gasteiger partial charge is 0.0877 e. The number of aliphatic hydroxyl groups excluding tert-OH is 1. The minimum absolute atomic E-state index is 0.379.